The van der Waals surface area contributed by atoms with Gasteiger partial charge in [0.15, 0.2) is 6.29 Å². The van der Waals surface area contributed by atoms with Crippen molar-refractivity contribution in [1.29, 1.82) is 10.5 Å². The molecule has 1 unspecified atom stereocenters. The van der Waals surface area contributed by atoms with Crippen molar-refractivity contribution in [3.63, 3.8) is 0 Å². The minimum absolute atomic E-state index is 0.249. The maximum Gasteiger partial charge on any atom is 0.160 e. The molecule has 2 aromatic rings. The first-order valence-electron chi connectivity index (χ1n) is 7.52. The molecule has 0 aliphatic rings. The molecule has 24 heavy (non-hydrogen) atoms. The molecule has 0 aliphatic heterocycles. The third-order valence-corrected chi connectivity index (χ3v) is 3.41. The van der Waals surface area contributed by atoms with Gasteiger partial charge in [-0.3, -0.25) is 0 Å². The number of hydrogen-bond donors (Lipinski definition) is 0. The normalized spacial score (nSPS) is 11.3. The number of hydrogen-bond acceptors (Lipinski definition) is 5. The zero-order valence-electron chi connectivity index (χ0n) is 13.4. The molecule has 0 heterocycles. The average molecular weight is 322 g/mol. The van der Waals surface area contributed by atoms with Gasteiger partial charge in [-0.2, -0.15) is 10.5 Å². The predicted octanol–water partition coefficient (Wildman–Crippen LogP) is 3.39. The Hall–Kier alpha value is -2.86. The van der Waals surface area contributed by atoms with E-state index in [0.717, 1.165) is 5.56 Å². The summed E-state index contributed by atoms with van der Waals surface area (Å²) in [6, 6.07) is 18.8. The maximum absolute atomic E-state index is 9.16. The topological polar surface area (TPSA) is 75.3 Å². The van der Waals surface area contributed by atoms with Crippen LogP contribution in [-0.2, 0) is 16.1 Å². The fourth-order valence-corrected chi connectivity index (χ4v) is 2.16. The molecular weight excluding hydrogens is 304 g/mol. The summed E-state index contributed by atoms with van der Waals surface area (Å²) in [6.07, 6.45) is 0.0974. The van der Waals surface area contributed by atoms with Gasteiger partial charge in [-0.05, 0) is 17.7 Å². The van der Waals surface area contributed by atoms with Gasteiger partial charge in [0.05, 0.1) is 18.8 Å². The monoisotopic (exact) mass is 322 g/mol. The second-order valence-corrected chi connectivity index (χ2v) is 5.00. The van der Waals surface area contributed by atoms with Gasteiger partial charge in [-0.1, -0.05) is 36.4 Å². The molecule has 0 fully saturated rings. The highest BCUT2D eigenvalue weighted by atomic mass is 16.7. The Labute approximate surface area is 141 Å². The smallest absolute Gasteiger partial charge is 0.160 e. The van der Waals surface area contributed by atoms with Crippen LogP contribution in [0.1, 0.15) is 23.1 Å². The number of nitrogens with zero attached hydrogens (tertiary/aromatic N) is 2. The van der Waals surface area contributed by atoms with Gasteiger partial charge in [0.25, 0.3) is 0 Å². The lowest BCUT2D eigenvalue weighted by molar-refractivity contribution is -0.138. The molecule has 0 saturated heterocycles. The lowest BCUT2D eigenvalue weighted by Gasteiger charge is -2.17. The summed E-state index contributed by atoms with van der Waals surface area (Å²) >= 11 is 0. The third kappa shape index (κ3) is 4.82. The summed E-state index contributed by atoms with van der Waals surface area (Å²) in [5.74, 6) is 0.398. The standard InChI is InChI=1S/C19H18N2O3/c1-22-19(24-14-15-6-3-2-4-7-15)10-11-23-18-9-5-8-16(12-20)17(18)13-21/h2-9,19H,10-11,14H2,1H3. The van der Waals surface area contributed by atoms with E-state index < -0.39 is 6.29 Å². The molecule has 122 valence electrons. The minimum atomic E-state index is -0.408. The molecule has 0 aromatic heterocycles. The summed E-state index contributed by atoms with van der Waals surface area (Å²) < 4.78 is 16.6. The molecule has 0 radical (unpaired) electrons. The molecule has 0 saturated carbocycles. The lowest BCUT2D eigenvalue weighted by Crippen LogP contribution is -2.18. The Morgan fingerprint density at radius 3 is 2.46 bits per heavy atom. The number of rotatable bonds is 8. The highest BCUT2D eigenvalue weighted by Gasteiger charge is 2.11. The molecule has 0 aliphatic carbocycles. The van der Waals surface area contributed by atoms with Crippen molar-refractivity contribution < 1.29 is 14.2 Å². The van der Waals surface area contributed by atoms with Crippen LogP contribution < -0.4 is 4.74 Å². The largest absolute Gasteiger partial charge is 0.492 e. The fourth-order valence-electron chi connectivity index (χ4n) is 2.16. The van der Waals surface area contributed by atoms with Crippen LogP contribution in [-0.4, -0.2) is 20.0 Å². The predicted molar refractivity (Wildman–Crippen MR) is 88.0 cm³/mol. The van der Waals surface area contributed by atoms with Crippen LogP contribution in [0.15, 0.2) is 48.5 Å². The number of nitriles is 2. The van der Waals surface area contributed by atoms with E-state index in [1.807, 2.05) is 42.5 Å². The van der Waals surface area contributed by atoms with Crippen LogP contribution in [0.4, 0.5) is 0 Å². The van der Waals surface area contributed by atoms with E-state index in [9.17, 15) is 0 Å². The van der Waals surface area contributed by atoms with Crippen molar-refractivity contribution in [3.05, 3.63) is 65.2 Å². The van der Waals surface area contributed by atoms with Crippen molar-refractivity contribution in [2.24, 2.45) is 0 Å². The summed E-state index contributed by atoms with van der Waals surface area (Å²) in [5.41, 5.74) is 1.62. The van der Waals surface area contributed by atoms with E-state index in [1.54, 1.807) is 25.3 Å². The quantitative estimate of drug-likeness (QED) is 0.696. The Balaban J connectivity index is 1.86. The van der Waals surface area contributed by atoms with E-state index in [1.165, 1.54) is 0 Å². The van der Waals surface area contributed by atoms with Gasteiger partial charge >= 0.3 is 0 Å². The first kappa shape index (κ1) is 17.5. The molecular formula is C19H18N2O3. The number of benzene rings is 2. The first-order chi connectivity index (χ1) is 11.8. The molecule has 0 spiro atoms. The van der Waals surface area contributed by atoms with Gasteiger partial charge in [0, 0.05) is 13.5 Å². The van der Waals surface area contributed by atoms with Crippen LogP contribution in [0.2, 0.25) is 0 Å². The molecule has 2 aromatic carbocycles. The van der Waals surface area contributed by atoms with Crippen molar-refractivity contribution in [2.45, 2.75) is 19.3 Å². The molecule has 0 bridgehead atoms. The highest BCUT2D eigenvalue weighted by molar-refractivity contribution is 5.53. The lowest BCUT2D eigenvalue weighted by atomic mass is 10.1. The van der Waals surface area contributed by atoms with Gasteiger partial charge in [0.1, 0.15) is 23.5 Å². The van der Waals surface area contributed by atoms with E-state index in [-0.39, 0.29) is 5.56 Å². The van der Waals surface area contributed by atoms with E-state index in [4.69, 9.17) is 24.7 Å². The highest BCUT2D eigenvalue weighted by Crippen LogP contribution is 2.21. The van der Waals surface area contributed by atoms with Gasteiger partial charge in [-0.15, -0.1) is 0 Å². The minimum Gasteiger partial charge on any atom is -0.492 e. The van der Waals surface area contributed by atoms with E-state index in [2.05, 4.69) is 0 Å². The zero-order chi connectivity index (χ0) is 17.2. The Bertz CT molecular complexity index is 733. The van der Waals surface area contributed by atoms with E-state index in [0.29, 0.717) is 30.9 Å². The average Bonchev–Trinajstić information content (AvgIpc) is 2.64. The number of methoxy groups -OCH3 is 1. The van der Waals surface area contributed by atoms with Crippen LogP contribution in [0.25, 0.3) is 0 Å². The van der Waals surface area contributed by atoms with Crippen LogP contribution >= 0.6 is 0 Å². The molecule has 0 amide bonds. The summed E-state index contributed by atoms with van der Waals surface area (Å²) in [5, 5.41) is 18.2. The second kappa shape index (κ2) is 9.32. The first-order valence-corrected chi connectivity index (χ1v) is 7.52. The van der Waals surface area contributed by atoms with Crippen LogP contribution in [0.3, 0.4) is 0 Å². The van der Waals surface area contributed by atoms with Crippen molar-refractivity contribution in [2.75, 3.05) is 13.7 Å². The van der Waals surface area contributed by atoms with Gasteiger partial charge in [0.2, 0.25) is 0 Å². The third-order valence-electron chi connectivity index (χ3n) is 3.41. The van der Waals surface area contributed by atoms with Crippen molar-refractivity contribution in [3.8, 4) is 17.9 Å². The molecule has 0 N–H and O–H groups in total. The Morgan fingerprint density at radius 1 is 1.00 bits per heavy atom. The Morgan fingerprint density at radius 2 is 1.79 bits per heavy atom. The van der Waals surface area contributed by atoms with E-state index >= 15 is 0 Å². The summed E-state index contributed by atoms with van der Waals surface area (Å²) in [7, 11) is 1.58. The number of ether oxygens (including phenoxy) is 3. The summed E-state index contributed by atoms with van der Waals surface area (Å²) in [6.45, 7) is 0.767. The van der Waals surface area contributed by atoms with Crippen LogP contribution in [0, 0.1) is 22.7 Å². The Kier molecular flexibility index (Phi) is 6.79. The molecule has 5 heteroatoms. The second-order valence-electron chi connectivity index (χ2n) is 5.00. The van der Waals surface area contributed by atoms with Crippen LogP contribution in [0.5, 0.6) is 5.75 Å². The molecule has 2 rings (SSSR count). The zero-order valence-corrected chi connectivity index (χ0v) is 13.4. The SMILES string of the molecule is COC(CCOc1cccc(C#N)c1C#N)OCc1ccccc1. The molecule has 5 nitrogen and oxygen atoms in total. The van der Waals surface area contributed by atoms with Crippen molar-refractivity contribution in [1.82, 2.24) is 0 Å². The fraction of sp³-hybridized carbons (Fsp3) is 0.263. The molecule has 1 atom stereocenters. The summed E-state index contributed by atoms with van der Waals surface area (Å²) in [4.78, 5) is 0. The van der Waals surface area contributed by atoms with Gasteiger partial charge < -0.3 is 14.2 Å². The maximum atomic E-state index is 9.16. The van der Waals surface area contributed by atoms with Crippen molar-refractivity contribution >= 4 is 0 Å². The van der Waals surface area contributed by atoms with Gasteiger partial charge in [-0.25, -0.2) is 0 Å².